The van der Waals surface area contributed by atoms with Gasteiger partial charge in [-0.25, -0.2) is 0 Å². The molecule has 184 valence electrons. The van der Waals surface area contributed by atoms with Gasteiger partial charge < -0.3 is 9.64 Å². The molecule has 0 radical (unpaired) electrons. The maximum atomic E-state index is 13.3. The average molecular weight is 472 g/mol. The molecule has 1 unspecified atom stereocenters. The Balaban J connectivity index is 1.49. The molecule has 5 nitrogen and oxygen atoms in total. The number of piperidine rings is 1. The molecule has 1 saturated heterocycles. The van der Waals surface area contributed by atoms with E-state index in [-0.39, 0.29) is 11.9 Å². The maximum Gasteiger partial charge on any atom is 0.272 e. The van der Waals surface area contributed by atoms with Gasteiger partial charge in [0, 0.05) is 25.8 Å². The highest BCUT2D eigenvalue weighted by Gasteiger charge is 2.32. The fourth-order valence-corrected chi connectivity index (χ4v) is 5.19. The third-order valence-corrected chi connectivity index (χ3v) is 7.36. The molecule has 5 heteroatoms. The van der Waals surface area contributed by atoms with E-state index in [1.54, 1.807) is 19.4 Å². The smallest absolute Gasteiger partial charge is 0.272 e. The van der Waals surface area contributed by atoms with E-state index < -0.39 is 0 Å². The molecule has 1 aliphatic heterocycles. The number of likely N-dealkylation sites (N-methyl/N-ethyl adjacent to an activating group) is 1. The molecule has 1 amide bonds. The SMILES string of the molecule is COc1cccc(CC(C2CCN(Cc3cc(C)ccc3C)CC2)N(C)C(=O)c2ccccn2)c1. The van der Waals surface area contributed by atoms with Crippen molar-refractivity contribution >= 4 is 5.91 Å². The first kappa shape index (κ1) is 24.9. The quantitative estimate of drug-likeness (QED) is 0.447. The standard InChI is InChI=1S/C30H37N3O2/c1-22-11-12-23(2)26(18-22)21-33-16-13-25(14-17-33)29(20-24-8-7-9-27(19-24)35-4)32(3)30(34)28-10-5-6-15-31-28/h5-12,15,18-19,25,29H,13-14,16-17,20-21H2,1-4H3. The molecule has 0 aliphatic carbocycles. The predicted octanol–water partition coefficient (Wildman–Crippen LogP) is 5.30. The van der Waals surface area contributed by atoms with Gasteiger partial charge in [0.15, 0.2) is 0 Å². The number of aryl methyl sites for hydroxylation is 2. The highest BCUT2D eigenvalue weighted by Crippen LogP contribution is 2.29. The molecule has 1 fully saturated rings. The zero-order valence-electron chi connectivity index (χ0n) is 21.4. The maximum absolute atomic E-state index is 13.3. The van der Waals surface area contributed by atoms with Crippen LogP contribution in [-0.2, 0) is 13.0 Å². The summed E-state index contributed by atoms with van der Waals surface area (Å²) in [6.07, 6.45) is 4.62. The van der Waals surface area contributed by atoms with Crippen LogP contribution in [-0.4, -0.2) is 54.0 Å². The molecule has 1 atom stereocenters. The summed E-state index contributed by atoms with van der Waals surface area (Å²) in [4.78, 5) is 22.1. The Hall–Kier alpha value is -3.18. The lowest BCUT2D eigenvalue weighted by atomic mass is 9.84. The number of aromatic nitrogens is 1. The molecule has 2 heterocycles. The summed E-state index contributed by atoms with van der Waals surface area (Å²) >= 11 is 0. The van der Waals surface area contributed by atoms with Gasteiger partial charge in [-0.05, 0) is 93.1 Å². The van der Waals surface area contributed by atoms with E-state index in [2.05, 4.69) is 54.1 Å². The molecule has 0 N–H and O–H groups in total. The summed E-state index contributed by atoms with van der Waals surface area (Å²) in [7, 11) is 3.63. The second-order valence-corrected chi connectivity index (χ2v) is 9.80. The largest absolute Gasteiger partial charge is 0.497 e. The topological polar surface area (TPSA) is 45.7 Å². The lowest BCUT2D eigenvalue weighted by Crippen LogP contribution is -2.47. The minimum Gasteiger partial charge on any atom is -0.497 e. The van der Waals surface area contributed by atoms with E-state index in [1.807, 2.05) is 36.2 Å². The summed E-state index contributed by atoms with van der Waals surface area (Å²) in [5, 5.41) is 0. The molecule has 2 aromatic carbocycles. The first-order valence-electron chi connectivity index (χ1n) is 12.5. The van der Waals surface area contributed by atoms with E-state index in [1.165, 1.54) is 22.3 Å². The van der Waals surface area contributed by atoms with Crippen molar-refractivity contribution in [3.63, 3.8) is 0 Å². The van der Waals surface area contributed by atoms with Gasteiger partial charge in [-0.3, -0.25) is 14.7 Å². The van der Waals surface area contributed by atoms with Crippen molar-refractivity contribution in [2.24, 2.45) is 5.92 Å². The summed E-state index contributed by atoms with van der Waals surface area (Å²) in [5.74, 6) is 1.26. The van der Waals surface area contributed by atoms with Gasteiger partial charge in [-0.1, -0.05) is 42.0 Å². The highest BCUT2D eigenvalue weighted by molar-refractivity contribution is 5.92. The van der Waals surface area contributed by atoms with E-state index >= 15 is 0 Å². The summed E-state index contributed by atoms with van der Waals surface area (Å²) in [6, 6.07) is 20.5. The molecule has 0 spiro atoms. The predicted molar refractivity (Wildman–Crippen MR) is 141 cm³/mol. The van der Waals surface area contributed by atoms with E-state index in [9.17, 15) is 4.79 Å². The zero-order valence-corrected chi connectivity index (χ0v) is 21.4. The first-order valence-corrected chi connectivity index (χ1v) is 12.5. The molecule has 0 bridgehead atoms. The highest BCUT2D eigenvalue weighted by atomic mass is 16.5. The normalized spacial score (nSPS) is 15.5. The number of rotatable bonds is 8. The number of amides is 1. The second-order valence-electron chi connectivity index (χ2n) is 9.80. The van der Waals surface area contributed by atoms with Crippen LogP contribution < -0.4 is 4.74 Å². The van der Waals surface area contributed by atoms with Gasteiger partial charge in [-0.2, -0.15) is 0 Å². The van der Waals surface area contributed by atoms with Gasteiger partial charge in [0.1, 0.15) is 11.4 Å². The number of hydrogen-bond acceptors (Lipinski definition) is 4. The van der Waals surface area contributed by atoms with Crippen molar-refractivity contribution < 1.29 is 9.53 Å². The molecule has 0 saturated carbocycles. The Morgan fingerprint density at radius 2 is 1.89 bits per heavy atom. The fraction of sp³-hybridized carbons (Fsp3) is 0.400. The third kappa shape index (κ3) is 6.29. The van der Waals surface area contributed by atoms with Gasteiger partial charge in [0.25, 0.3) is 5.91 Å². The van der Waals surface area contributed by atoms with Crippen LogP contribution in [0, 0.1) is 19.8 Å². The van der Waals surface area contributed by atoms with Crippen LogP contribution in [0.5, 0.6) is 5.75 Å². The van der Waals surface area contributed by atoms with E-state index in [4.69, 9.17) is 4.74 Å². The third-order valence-electron chi connectivity index (χ3n) is 7.36. The monoisotopic (exact) mass is 471 g/mol. The van der Waals surface area contributed by atoms with Crippen LogP contribution in [0.1, 0.15) is 45.6 Å². The van der Waals surface area contributed by atoms with Gasteiger partial charge in [-0.15, -0.1) is 0 Å². The zero-order chi connectivity index (χ0) is 24.8. The molecule has 1 aliphatic rings. The molecular formula is C30H37N3O2. The number of pyridine rings is 1. The summed E-state index contributed by atoms with van der Waals surface area (Å²) in [5.41, 5.74) is 5.77. The van der Waals surface area contributed by atoms with Crippen LogP contribution in [0.15, 0.2) is 66.9 Å². The minimum atomic E-state index is -0.0173. The average Bonchev–Trinajstić information content (AvgIpc) is 2.90. The van der Waals surface area contributed by atoms with E-state index in [0.29, 0.717) is 11.6 Å². The van der Waals surface area contributed by atoms with Crippen molar-refractivity contribution in [3.05, 3.63) is 94.8 Å². The molecule has 4 rings (SSSR count). The Morgan fingerprint density at radius 3 is 2.60 bits per heavy atom. The van der Waals surface area contributed by atoms with Crippen LogP contribution in [0.2, 0.25) is 0 Å². The Bertz CT molecular complexity index is 1120. The summed E-state index contributed by atoms with van der Waals surface area (Å²) < 4.78 is 5.45. The number of hydrogen-bond donors (Lipinski definition) is 0. The summed E-state index contributed by atoms with van der Waals surface area (Å²) in [6.45, 7) is 7.43. The molecular weight excluding hydrogens is 434 g/mol. The number of carbonyl (C=O) groups excluding carboxylic acids is 1. The fourth-order valence-electron chi connectivity index (χ4n) is 5.19. The first-order chi connectivity index (χ1) is 16.9. The van der Waals surface area contributed by atoms with Crippen LogP contribution in [0.3, 0.4) is 0 Å². The number of ether oxygens (including phenoxy) is 1. The van der Waals surface area contributed by atoms with Crippen LogP contribution >= 0.6 is 0 Å². The Morgan fingerprint density at radius 1 is 1.09 bits per heavy atom. The van der Waals surface area contributed by atoms with Crippen molar-refractivity contribution in [1.29, 1.82) is 0 Å². The second kappa shape index (κ2) is 11.5. The van der Waals surface area contributed by atoms with Crippen molar-refractivity contribution in [2.45, 2.75) is 45.7 Å². The molecule has 3 aromatic rings. The van der Waals surface area contributed by atoms with Gasteiger partial charge in [0.05, 0.1) is 7.11 Å². The van der Waals surface area contributed by atoms with Gasteiger partial charge in [0.2, 0.25) is 0 Å². The van der Waals surface area contributed by atoms with Crippen molar-refractivity contribution in [3.8, 4) is 5.75 Å². The lowest BCUT2D eigenvalue weighted by molar-refractivity contribution is 0.0579. The molecule has 35 heavy (non-hydrogen) atoms. The number of methoxy groups -OCH3 is 1. The van der Waals surface area contributed by atoms with Gasteiger partial charge >= 0.3 is 0 Å². The number of benzene rings is 2. The molecule has 1 aromatic heterocycles. The van der Waals surface area contributed by atoms with Crippen molar-refractivity contribution in [2.75, 3.05) is 27.2 Å². The van der Waals surface area contributed by atoms with Crippen molar-refractivity contribution in [1.82, 2.24) is 14.8 Å². The minimum absolute atomic E-state index is 0.0173. The Labute approximate surface area is 209 Å². The number of carbonyl (C=O) groups is 1. The number of nitrogens with zero attached hydrogens (tertiary/aromatic N) is 3. The van der Waals surface area contributed by atoms with E-state index in [0.717, 1.165) is 44.6 Å². The Kier molecular flexibility index (Phi) is 8.19. The van der Waals surface area contributed by atoms with Crippen LogP contribution in [0.4, 0.5) is 0 Å². The van der Waals surface area contributed by atoms with Crippen LogP contribution in [0.25, 0.3) is 0 Å². The lowest BCUT2D eigenvalue weighted by Gasteiger charge is -2.40. The number of likely N-dealkylation sites (tertiary alicyclic amines) is 1.